The number of alkyl halides is 6. The first kappa shape index (κ1) is 14.6. The second kappa shape index (κ2) is 4.56. The monoisotopic (exact) mass is 316 g/mol. The molecule has 114 valence electrons. The number of hydrogen-bond donors (Lipinski definition) is 0. The summed E-state index contributed by atoms with van der Waals surface area (Å²) in [4.78, 5) is 0. The molecule has 0 saturated heterocycles. The third kappa shape index (κ3) is 2.44. The molecule has 0 atom stereocenters. The number of rotatable bonds is 0. The fourth-order valence-electron chi connectivity index (χ4n) is 2.14. The summed E-state index contributed by atoms with van der Waals surface area (Å²) in [5.41, 5.74) is -1.83. The van der Waals surface area contributed by atoms with Crippen molar-refractivity contribution in [2.75, 3.05) is 0 Å². The van der Waals surface area contributed by atoms with Gasteiger partial charge in [-0.25, -0.2) is 0 Å². The van der Waals surface area contributed by atoms with E-state index in [1.807, 2.05) is 0 Å². The molecule has 22 heavy (non-hydrogen) atoms. The van der Waals surface area contributed by atoms with Gasteiger partial charge in [-0.15, -0.1) is 10.2 Å². The minimum Gasteiger partial charge on any atom is -0.166 e. The van der Waals surface area contributed by atoms with Gasteiger partial charge in [0.1, 0.15) is 0 Å². The Balaban J connectivity index is 2.24. The number of fused-ring (bicyclic) bond motifs is 3. The van der Waals surface area contributed by atoms with Crippen LogP contribution in [0.5, 0.6) is 0 Å². The smallest absolute Gasteiger partial charge is 0.166 e. The molecule has 0 aliphatic rings. The summed E-state index contributed by atoms with van der Waals surface area (Å²) in [6, 6.07) is 5.73. The van der Waals surface area contributed by atoms with Crippen LogP contribution in [-0.4, -0.2) is 10.2 Å². The Morgan fingerprint density at radius 1 is 0.591 bits per heavy atom. The average molecular weight is 316 g/mol. The molecule has 0 bridgehead atoms. The molecule has 0 N–H and O–H groups in total. The molecule has 8 heteroatoms. The summed E-state index contributed by atoms with van der Waals surface area (Å²) >= 11 is 0. The van der Waals surface area contributed by atoms with Crippen molar-refractivity contribution in [1.82, 2.24) is 10.2 Å². The van der Waals surface area contributed by atoms with E-state index in [9.17, 15) is 26.3 Å². The summed E-state index contributed by atoms with van der Waals surface area (Å²) < 4.78 is 75.8. The van der Waals surface area contributed by atoms with Gasteiger partial charge in [0, 0.05) is 10.8 Å². The van der Waals surface area contributed by atoms with Gasteiger partial charge < -0.3 is 0 Å². The average Bonchev–Trinajstić information content (AvgIpc) is 2.44. The van der Waals surface area contributed by atoms with E-state index in [1.54, 1.807) is 0 Å². The Morgan fingerprint density at radius 3 is 1.27 bits per heavy atom. The van der Waals surface area contributed by atoms with Crippen LogP contribution in [0.15, 0.2) is 36.4 Å². The highest BCUT2D eigenvalue weighted by Gasteiger charge is 2.32. The van der Waals surface area contributed by atoms with Crippen molar-refractivity contribution in [2.24, 2.45) is 0 Å². The van der Waals surface area contributed by atoms with Gasteiger partial charge >= 0.3 is 12.4 Å². The summed E-state index contributed by atoms with van der Waals surface area (Å²) in [5.74, 6) is 0. The maximum atomic E-state index is 12.6. The first-order valence-electron chi connectivity index (χ1n) is 6.01. The SMILES string of the molecule is FC(F)(F)c1ccc2c(c1)nnc1cc(C(F)(F)F)ccc12. The van der Waals surface area contributed by atoms with E-state index in [1.165, 1.54) is 12.1 Å². The third-order valence-electron chi connectivity index (χ3n) is 3.21. The lowest BCUT2D eigenvalue weighted by molar-refractivity contribution is -0.138. The molecule has 0 amide bonds. The number of halogens is 6. The van der Waals surface area contributed by atoms with Crippen molar-refractivity contribution in [1.29, 1.82) is 0 Å². The van der Waals surface area contributed by atoms with Crippen LogP contribution in [0.4, 0.5) is 26.3 Å². The van der Waals surface area contributed by atoms with E-state index in [4.69, 9.17) is 0 Å². The lowest BCUT2D eigenvalue weighted by Gasteiger charge is -2.10. The van der Waals surface area contributed by atoms with Gasteiger partial charge in [0.25, 0.3) is 0 Å². The van der Waals surface area contributed by atoms with Crippen LogP contribution in [0.3, 0.4) is 0 Å². The van der Waals surface area contributed by atoms with Gasteiger partial charge in [0.2, 0.25) is 0 Å². The summed E-state index contributed by atoms with van der Waals surface area (Å²) in [6.45, 7) is 0. The van der Waals surface area contributed by atoms with Crippen molar-refractivity contribution in [3.8, 4) is 0 Å². The first-order valence-corrected chi connectivity index (χ1v) is 6.01. The number of benzene rings is 2. The number of aromatic nitrogens is 2. The van der Waals surface area contributed by atoms with Crippen molar-refractivity contribution in [3.05, 3.63) is 47.5 Å². The molecule has 1 aromatic heterocycles. The zero-order valence-electron chi connectivity index (χ0n) is 10.6. The van der Waals surface area contributed by atoms with E-state index < -0.39 is 23.5 Å². The van der Waals surface area contributed by atoms with Gasteiger partial charge in [-0.05, 0) is 24.3 Å². The van der Waals surface area contributed by atoms with Gasteiger partial charge in [0.05, 0.1) is 22.2 Å². The van der Waals surface area contributed by atoms with Crippen LogP contribution in [0.2, 0.25) is 0 Å². The minimum atomic E-state index is -4.52. The van der Waals surface area contributed by atoms with Crippen molar-refractivity contribution in [3.63, 3.8) is 0 Å². The maximum Gasteiger partial charge on any atom is 0.416 e. The Labute approximate surface area is 119 Å². The van der Waals surface area contributed by atoms with Crippen LogP contribution >= 0.6 is 0 Å². The minimum absolute atomic E-state index is 0.0258. The second-order valence-electron chi connectivity index (χ2n) is 4.66. The maximum absolute atomic E-state index is 12.6. The molecule has 0 radical (unpaired) electrons. The van der Waals surface area contributed by atoms with Crippen molar-refractivity contribution in [2.45, 2.75) is 12.4 Å². The molecule has 0 fully saturated rings. The van der Waals surface area contributed by atoms with Crippen molar-refractivity contribution >= 4 is 21.8 Å². The lowest BCUT2D eigenvalue weighted by atomic mass is 10.1. The van der Waals surface area contributed by atoms with Crippen molar-refractivity contribution < 1.29 is 26.3 Å². The van der Waals surface area contributed by atoms with Crippen LogP contribution in [-0.2, 0) is 12.4 Å². The van der Waals surface area contributed by atoms with Crippen LogP contribution in [0, 0.1) is 0 Å². The molecule has 0 unspecified atom stereocenters. The van der Waals surface area contributed by atoms with E-state index in [-0.39, 0.29) is 11.0 Å². The standard InChI is InChI=1S/C14H6F6N2/c15-13(16,17)7-1-3-9-10-4-2-8(14(18,19)20)6-12(10)22-21-11(9)5-7/h1-6H. The van der Waals surface area contributed by atoms with E-state index >= 15 is 0 Å². The van der Waals surface area contributed by atoms with Crippen LogP contribution in [0.25, 0.3) is 21.8 Å². The fourth-order valence-corrected chi connectivity index (χ4v) is 2.14. The number of nitrogens with zero attached hydrogens (tertiary/aromatic N) is 2. The molecule has 0 aliphatic carbocycles. The van der Waals surface area contributed by atoms with Gasteiger partial charge in [-0.1, -0.05) is 12.1 Å². The van der Waals surface area contributed by atoms with Crippen LogP contribution < -0.4 is 0 Å². The molecule has 0 spiro atoms. The van der Waals surface area contributed by atoms with Gasteiger partial charge in [-0.3, -0.25) is 0 Å². The Hall–Kier alpha value is -2.38. The Bertz CT molecular complexity index is 794. The summed E-state index contributed by atoms with van der Waals surface area (Å²) in [7, 11) is 0. The van der Waals surface area contributed by atoms with Gasteiger partial charge in [-0.2, -0.15) is 26.3 Å². The highest BCUT2D eigenvalue weighted by molar-refractivity contribution is 6.03. The lowest BCUT2D eigenvalue weighted by Crippen LogP contribution is -2.06. The topological polar surface area (TPSA) is 25.8 Å². The van der Waals surface area contributed by atoms with Gasteiger partial charge in [0.15, 0.2) is 0 Å². The summed E-state index contributed by atoms with van der Waals surface area (Å²) in [5, 5.41) is 7.80. The molecule has 2 aromatic carbocycles. The highest BCUT2D eigenvalue weighted by Crippen LogP contribution is 2.34. The molecular weight excluding hydrogens is 310 g/mol. The molecule has 2 nitrogen and oxygen atoms in total. The zero-order valence-corrected chi connectivity index (χ0v) is 10.6. The number of hydrogen-bond acceptors (Lipinski definition) is 2. The molecule has 3 rings (SSSR count). The second-order valence-corrected chi connectivity index (χ2v) is 4.66. The van der Waals surface area contributed by atoms with Crippen LogP contribution in [0.1, 0.15) is 11.1 Å². The van der Waals surface area contributed by atoms with E-state index in [0.29, 0.717) is 10.8 Å². The zero-order chi connectivity index (χ0) is 16.1. The van der Waals surface area contributed by atoms with E-state index in [2.05, 4.69) is 10.2 Å². The molecule has 0 aliphatic heterocycles. The highest BCUT2D eigenvalue weighted by atomic mass is 19.4. The first-order chi connectivity index (χ1) is 10.2. The fraction of sp³-hybridized carbons (Fsp3) is 0.143. The predicted octanol–water partition coefficient (Wildman–Crippen LogP) is 4.82. The Kier molecular flexibility index (Phi) is 3.01. The third-order valence-corrected chi connectivity index (χ3v) is 3.21. The summed E-state index contributed by atoms with van der Waals surface area (Å²) in [6.07, 6.45) is -9.05. The molecular formula is C14H6F6N2. The molecule has 0 saturated carbocycles. The Morgan fingerprint density at radius 2 is 0.955 bits per heavy atom. The molecule has 3 aromatic rings. The normalized spacial score (nSPS) is 13.0. The quantitative estimate of drug-likeness (QED) is 0.439. The predicted molar refractivity (Wildman–Crippen MR) is 67.0 cm³/mol. The largest absolute Gasteiger partial charge is 0.416 e. The van der Waals surface area contributed by atoms with E-state index in [0.717, 1.165) is 24.3 Å². The molecule has 1 heterocycles.